The van der Waals surface area contributed by atoms with Gasteiger partial charge in [-0.25, -0.2) is 0 Å². The van der Waals surface area contributed by atoms with Gasteiger partial charge in [-0.2, -0.15) is 0 Å². The summed E-state index contributed by atoms with van der Waals surface area (Å²) >= 11 is 0. The Morgan fingerprint density at radius 1 is 0.520 bits per heavy atom. The van der Waals surface area contributed by atoms with Crippen LogP contribution >= 0.6 is 0 Å². The second kappa shape index (κ2) is 20.7. The van der Waals surface area contributed by atoms with E-state index < -0.39 is 48.3 Å². The molecule has 0 aromatic heterocycles. The van der Waals surface area contributed by atoms with Crippen molar-refractivity contribution < 1.29 is 60.0 Å². The fraction of sp³-hybridized carbons (Fsp3) is 0.667. The van der Waals surface area contributed by atoms with Gasteiger partial charge in [0.05, 0.1) is 48.3 Å². The van der Waals surface area contributed by atoms with Crippen molar-refractivity contribution in [3.63, 3.8) is 0 Å². The Morgan fingerprint density at radius 3 is 0.560 bits per heavy atom. The summed E-state index contributed by atoms with van der Waals surface area (Å²) in [6.07, 6.45) is -5.37. The Kier molecular flexibility index (Phi) is 28.9. The molecule has 4 radical (unpaired) electrons. The van der Waals surface area contributed by atoms with Crippen molar-refractivity contribution in [1.82, 2.24) is 0 Å². The third kappa shape index (κ3) is 45.0. The molecule has 0 rings (SSSR count). The molecule has 0 aromatic rings. The van der Waals surface area contributed by atoms with Gasteiger partial charge in [0, 0.05) is 27.3 Å². The summed E-state index contributed by atoms with van der Waals surface area (Å²) in [5.74, 6) is -5.74. The molecular weight excluding hydrogens is 543 g/mol. The van der Waals surface area contributed by atoms with Crippen LogP contribution < -0.4 is 20.4 Å². The van der Waals surface area contributed by atoms with E-state index in [4.69, 9.17) is 20.4 Å². The van der Waals surface area contributed by atoms with Crippen LogP contribution in [0.4, 0.5) is 0 Å². The number of carboxylic acid groups (broad SMARTS) is 4. The molecular formula is C12H20O12Pb-4. The first kappa shape index (κ1) is 34.9. The zero-order valence-electron chi connectivity index (χ0n) is 13.9. The molecule has 0 bridgehead atoms. The van der Waals surface area contributed by atoms with Gasteiger partial charge in [-0.1, -0.05) is 0 Å². The van der Waals surface area contributed by atoms with Crippen LogP contribution in [0.2, 0.25) is 0 Å². The number of aliphatic hydroxyl groups is 4. The second-order valence-corrected chi connectivity index (χ2v) is 3.98. The van der Waals surface area contributed by atoms with Gasteiger partial charge in [-0.05, 0) is 27.7 Å². The molecule has 0 aromatic carbocycles. The number of rotatable bonds is 4. The van der Waals surface area contributed by atoms with Crippen molar-refractivity contribution in [3.8, 4) is 0 Å². The standard InChI is InChI=1S/4C3H6O3.Pb/c4*1-2(4)3(5)6;/h4*2,4H,1H3,(H,5,6);/p-4. The van der Waals surface area contributed by atoms with Gasteiger partial charge in [0.15, 0.2) is 0 Å². The van der Waals surface area contributed by atoms with E-state index in [1.807, 2.05) is 0 Å². The summed E-state index contributed by atoms with van der Waals surface area (Å²) in [4.78, 5) is 37.4. The molecule has 0 spiro atoms. The second-order valence-electron chi connectivity index (χ2n) is 3.98. The van der Waals surface area contributed by atoms with Crippen LogP contribution in [0.25, 0.3) is 0 Å². The smallest absolute Gasteiger partial charge is 0.0905 e. The molecule has 0 heterocycles. The van der Waals surface area contributed by atoms with E-state index in [-0.39, 0.29) is 27.3 Å². The maximum atomic E-state index is 9.34. The molecule has 25 heavy (non-hydrogen) atoms. The van der Waals surface area contributed by atoms with Crippen LogP contribution in [0.5, 0.6) is 0 Å². The van der Waals surface area contributed by atoms with Gasteiger partial charge in [0.25, 0.3) is 0 Å². The first-order valence-corrected chi connectivity index (χ1v) is 6.13. The van der Waals surface area contributed by atoms with E-state index in [1.54, 1.807) is 0 Å². The van der Waals surface area contributed by atoms with Crippen LogP contribution in [0.3, 0.4) is 0 Å². The molecule has 0 aliphatic heterocycles. The summed E-state index contributed by atoms with van der Waals surface area (Å²) in [6, 6.07) is 0. The number of carbonyl (C=O) groups is 4. The number of aliphatic hydroxyl groups excluding tert-OH is 4. The van der Waals surface area contributed by atoms with Crippen molar-refractivity contribution in [1.29, 1.82) is 0 Å². The van der Waals surface area contributed by atoms with Crippen molar-refractivity contribution in [2.75, 3.05) is 0 Å². The topological polar surface area (TPSA) is 241 Å². The Hall–Kier alpha value is -1.36. The first-order chi connectivity index (χ1) is 10.6. The fourth-order valence-electron chi connectivity index (χ4n) is 0. The summed E-state index contributed by atoms with van der Waals surface area (Å²) in [6.45, 7) is 4.54. The molecule has 0 fully saturated rings. The number of carbonyl (C=O) groups excluding carboxylic acids is 4. The fourth-order valence-corrected chi connectivity index (χ4v) is 0. The predicted molar refractivity (Wildman–Crippen MR) is 72.5 cm³/mol. The quantitative estimate of drug-likeness (QED) is 0.233. The Bertz CT molecular complexity index is 306. The average molecular weight is 563 g/mol. The molecule has 4 unspecified atom stereocenters. The van der Waals surface area contributed by atoms with Crippen molar-refractivity contribution in [2.24, 2.45) is 0 Å². The van der Waals surface area contributed by atoms with Crippen LogP contribution in [0.15, 0.2) is 0 Å². The number of hydrogen-bond donors (Lipinski definition) is 4. The summed E-state index contributed by atoms with van der Waals surface area (Å²) in [7, 11) is 0. The van der Waals surface area contributed by atoms with Crippen LogP contribution in [-0.2, 0) is 19.2 Å². The molecule has 0 aliphatic carbocycles. The molecule has 0 saturated heterocycles. The zero-order chi connectivity index (χ0) is 20.6. The van der Waals surface area contributed by atoms with Crippen molar-refractivity contribution in [3.05, 3.63) is 0 Å². The maximum absolute atomic E-state index is 9.34. The van der Waals surface area contributed by atoms with E-state index in [0.29, 0.717) is 0 Å². The molecule has 0 amide bonds. The first-order valence-electron chi connectivity index (χ1n) is 6.13. The Balaban J connectivity index is -0.0000000702. The summed E-state index contributed by atoms with van der Waals surface area (Å²) in [5, 5.41) is 69.2. The third-order valence-electron chi connectivity index (χ3n) is 1.36. The van der Waals surface area contributed by atoms with E-state index in [1.165, 1.54) is 0 Å². The van der Waals surface area contributed by atoms with E-state index >= 15 is 0 Å². The molecule has 0 saturated carbocycles. The third-order valence-corrected chi connectivity index (χ3v) is 1.36. The van der Waals surface area contributed by atoms with Gasteiger partial charge < -0.3 is 60.0 Å². The zero-order valence-corrected chi connectivity index (χ0v) is 17.8. The number of aliphatic carboxylic acids is 4. The molecule has 12 nitrogen and oxygen atoms in total. The van der Waals surface area contributed by atoms with Gasteiger partial charge >= 0.3 is 0 Å². The number of carboxylic acids is 4. The largest absolute Gasteiger partial charge is 0.547 e. The summed E-state index contributed by atoms with van der Waals surface area (Å²) in [5.41, 5.74) is 0. The minimum atomic E-state index is -1.44. The molecule has 0 aliphatic rings. The van der Waals surface area contributed by atoms with E-state index in [2.05, 4.69) is 0 Å². The maximum Gasteiger partial charge on any atom is 0.0905 e. The molecule has 4 N–H and O–H groups in total. The molecule has 4 atom stereocenters. The van der Waals surface area contributed by atoms with Gasteiger partial charge in [0.1, 0.15) is 0 Å². The van der Waals surface area contributed by atoms with Crippen LogP contribution in [-0.4, -0.2) is 96.0 Å². The minimum Gasteiger partial charge on any atom is -0.547 e. The van der Waals surface area contributed by atoms with Gasteiger partial charge in [-0.15, -0.1) is 0 Å². The number of hydrogen-bond acceptors (Lipinski definition) is 12. The van der Waals surface area contributed by atoms with Crippen LogP contribution in [0, 0.1) is 0 Å². The van der Waals surface area contributed by atoms with E-state index in [0.717, 1.165) is 27.7 Å². The van der Waals surface area contributed by atoms with Crippen molar-refractivity contribution >= 4 is 51.2 Å². The van der Waals surface area contributed by atoms with Crippen molar-refractivity contribution in [2.45, 2.75) is 52.1 Å². The van der Waals surface area contributed by atoms with Gasteiger partial charge in [0.2, 0.25) is 0 Å². The minimum absolute atomic E-state index is 0. The van der Waals surface area contributed by atoms with Crippen LogP contribution in [0.1, 0.15) is 27.7 Å². The Morgan fingerprint density at radius 2 is 0.560 bits per heavy atom. The summed E-state index contributed by atoms with van der Waals surface area (Å²) < 4.78 is 0. The van der Waals surface area contributed by atoms with Gasteiger partial charge in [-0.3, -0.25) is 0 Å². The SMILES string of the molecule is CC(O)C(=O)[O-].CC(O)C(=O)[O-].CC(O)C(=O)[O-].CC(O)C(=O)[O-].[Pb]. The monoisotopic (exact) mass is 564 g/mol. The predicted octanol–water partition coefficient (Wildman–Crippen LogP) is -7.91. The molecule has 13 heteroatoms. The van der Waals surface area contributed by atoms with E-state index in [9.17, 15) is 39.6 Å². The average Bonchev–Trinajstić information content (AvgIpc) is 2.40. The normalized spacial score (nSPS) is 13.1. The molecule has 148 valence electrons. The Labute approximate surface area is 163 Å².